The van der Waals surface area contributed by atoms with Gasteiger partial charge in [0.05, 0.1) is 38.0 Å². The average molecular weight is 523 g/mol. The van der Waals surface area contributed by atoms with Crippen molar-refractivity contribution >= 4 is 12.6 Å². The van der Waals surface area contributed by atoms with Crippen molar-refractivity contribution in [3.8, 4) is 39.5 Å². The SMILES string of the molecule is COc1c(C=O)cccc1-c1cccc(C(F)(F)F)c1.COc1cccc(-c2cccc(C=O)c2OC)c1. The van der Waals surface area contributed by atoms with Crippen molar-refractivity contribution in [1.82, 2.24) is 0 Å². The monoisotopic (exact) mass is 522 g/mol. The van der Waals surface area contributed by atoms with E-state index in [0.29, 0.717) is 34.3 Å². The molecule has 0 radical (unpaired) electrons. The number of methoxy groups -OCH3 is 3. The van der Waals surface area contributed by atoms with Crippen LogP contribution in [0.2, 0.25) is 0 Å². The quantitative estimate of drug-likeness (QED) is 0.237. The van der Waals surface area contributed by atoms with Crippen LogP contribution in [-0.2, 0) is 6.18 Å². The fraction of sp³-hybridized carbons (Fsp3) is 0.133. The number of hydrogen-bond donors (Lipinski definition) is 0. The summed E-state index contributed by atoms with van der Waals surface area (Å²) >= 11 is 0. The Morgan fingerprint density at radius 2 is 1.08 bits per heavy atom. The van der Waals surface area contributed by atoms with Crippen LogP contribution in [0.4, 0.5) is 13.2 Å². The molecule has 0 aliphatic rings. The van der Waals surface area contributed by atoms with Gasteiger partial charge in [0.25, 0.3) is 0 Å². The highest BCUT2D eigenvalue weighted by Gasteiger charge is 2.30. The van der Waals surface area contributed by atoms with E-state index in [1.165, 1.54) is 13.2 Å². The maximum atomic E-state index is 12.7. The van der Waals surface area contributed by atoms with E-state index in [1.54, 1.807) is 44.6 Å². The van der Waals surface area contributed by atoms with E-state index in [9.17, 15) is 22.8 Å². The Morgan fingerprint density at radius 1 is 0.605 bits per heavy atom. The van der Waals surface area contributed by atoms with Crippen LogP contribution >= 0.6 is 0 Å². The van der Waals surface area contributed by atoms with Gasteiger partial charge in [-0.15, -0.1) is 0 Å². The molecule has 0 amide bonds. The number of halogens is 3. The molecule has 38 heavy (non-hydrogen) atoms. The number of carbonyl (C=O) groups is 2. The smallest absolute Gasteiger partial charge is 0.416 e. The highest BCUT2D eigenvalue weighted by Crippen LogP contribution is 2.37. The first-order valence-corrected chi connectivity index (χ1v) is 11.3. The van der Waals surface area contributed by atoms with Crippen LogP contribution in [0.5, 0.6) is 17.2 Å². The van der Waals surface area contributed by atoms with Gasteiger partial charge >= 0.3 is 6.18 Å². The van der Waals surface area contributed by atoms with Gasteiger partial charge in [0.15, 0.2) is 12.6 Å². The zero-order valence-corrected chi connectivity index (χ0v) is 20.9. The highest BCUT2D eigenvalue weighted by molar-refractivity contribution is 5.87. The van der Waals surface area contributed by atoms with Gasteiger partial charge in [-0.25, -0.2) is 0 Å². The Kier molecular flexibility index (Phi) is 9.27. The molecule has 5 nitrogen and oxygen atoms in total. The Bertz CT molecular complexity index is 1410. The average Bonchev–Trinajstić information content (AvgIpc) is 2.96. The van der Waals surface area contributed by atoms with Gasteiger partial charge in [0.2, 0.25) is 0 Å². The molecule has 0 fully saturated rings. The van der Waals surface area contributed by atoms with Crippen molar-refractivity contribution in [1.29, 1.82) is 0 Å². The van der Waals surface area contributed by atoms with Gasteiger partial charge in [-0.05, 0) is 47.5 Å². The molecule has 8 heteroatoms. The lowest BCUT2D eigenvalue weighted by Crippen LogP contribution is -2.04. The molecule has 0 unspecified atom stereocenters. The predicted octanol–water partition coefficient (Wildman–Crippen LogP) is 7.38. The first-order chi connectivity index (χ1) is 18.3. The normalized spacial score (nSPS) is 10.6. The lowest BCUT2D eigenvalue weighted by molar-refractivity contribution is -0.137. The molecule has 0 aliphatic carbocycles. The summed E-state index contributed by atoms with van der Waals surface area (Å²) in [6.45, 7) is 0. The van der Waals surface area contributed by atoms with Crippen molar-refractivity contribution in [3.05, 3.63) is 102 Å². The van der Waals surface area contributed by atoms with Crippen LogP contribution in [-0.4, -0.2) is 33.9 Å². The van der Waals surface area contributed by atoms with Crippen molar-refractivity contribution in [2.24, 2.45) is 0 Å². The van der Waals surface area contributed by atoms with Crippen LogP contribution < -0.4 is 14.2 Å². The van der Waals surface area contributed by atoms with Crippen LogP contribution in [0.15, 0.2) is 84.9 Å². The minimum absolute atomic E-state index is 0.266. The summed E-state index contributed by atoms with van der Waals surface area (Å²) in [7, 11) is 4.56. The maximum absolute atomic E-state index is 12.7. The molecule has 0 spiro atoms. The molecule has 0 heterocycles. The Morgan fingerprint density at radius 3 is 1.53 bits per heavy atom. The number of carbonyl (C=O) groups excluding carboxylic acids is 2. The Labute approximate surface area is 218 Å². The van der Waals surface area contributed by atoms with Crippen molar-refractivity contribution in [2.45, 2.75) is 6.18 Å². The van der Waals surface area contributed by atoms with Gasteiger partial charge < -0.3 is 14.2 Å². The molecule has 196 valence electrons. The van der Waals surface area contributed by atoms with Gasteiger partial charge in [0, 0.05) is 11.1 Å². The molecular weight excluding hydrogens is 497 g/mol. The first kappa shape index (κ1) is 28.0. The van der Waals surface area contributed by atoms with E-state index in [2.05, 4.69) is 0 Å². The summed E-state index contributed by atoms with van der Waals surface area (Å²) in [6, 6.07) is 22.8. The largest absolute Gasteiger partial charge is 0.497 e. The lowest BCUT2D eigenvalue weighted by Gasteiger charge is -2.13. The predicted molar refractivity (Wildman–Crippen MR) is 139 cm³/mol. The fourth-order valence-corrected chi connectivity index (χ4v) is 3.86. The van der Waals surface area contributed by atoms with Gasteiger partial charge in [0.1, 0.15) is 17.2 Å². The van der Waals surface area contributed by atoms with Crippen LogP contribution in [0.1, 0.15) is 26.3 Å². The third kappa shape index (κ3) is 6.39. The van der Waals surface area contributed by atoms with Crippen molar-refractivity contribution in [3.63, 3.8) is 0 Å². The third-order valence-electron chi connectivity index (χ3n) is 5.63. The molecule has 0 atom stereocenters. The number of ether oxygens (including phenoxy) is 3. The topological polar surface area (TPSA) is 61.8 Å². The number of para-hydroxylation sites is 2. The summed E-state index contributed by atoms with van der Waals surface area (Å²) in [5, 5.41) is 0. The number of benzene rings is 4. The number of alkyl halides is 3. The summed E-state index contributed by atoms with van der Waals surface area (Å²) in [5.74, 6) is 1.62. The first-order valence-electron chi connectivity index (χ1n) is 11.3. The number of rotatable bonds is 7. The molecule has 0 aliphatic heterocycles. The molecule has 0 bridgehead atoms. The van der Waals surface area contributed by atoms with E-state index in [-0.39, 0.29) is 5.75 Å². The summed E-state index contributed by atoms with van der Waals surface area (Å²) < 4.78 is 53.8. The summed E-state index contributed by atoms with van der Waals surface area (Å²) in [5.41, 5.74) is 2.72. The van der Waals surface area contributed by atoms with Crippen LogP contribution in [0.25, 0.3) is 22.3 Å². The highest BCUT2D eigenvalue weighted by atomic mass is 19.4. The van der Waals surface area contributed by atoms with Crippen molar-refractivity contribution < 1.29 is 37.0 Å². The second-order valence-corrected chi connectivity index (χ2v) is 7.90. The maximum Gasteiger partial charge on any atom is 0.416 e. The van der Waals surface area contributed by atoms with E-state index < -0.39 is 11.7 Å². The molecule has 4 rings (SSSR count). The standard InChI is InChI=1S/C15H11F3O2.C15H14O3/c1-20-14-11(9-19)5-3-7-13(14)10-4-2-6-12(8-10)15(16,17)18;1-17-13-7-3-5-11(9-13)14-8-4-6-12(10-16)15(14)18-2/h2-9H,1H3;3-10H,1-2H3. The van der Waals surface area contributed by atoms with Gasteiger partial charge in [-0.2, -0.15) is 13.2 Å². The van der Waals surface area contributed by atoms with E-state index in [4.69, 9.17) is 14.2 Å². The van der Waals surface area contributed by atoms with E-state index in [1.807, 2.05) is 36.4 Å². The zero-order chi connectivity index (χ0) is 27.7. The van der Waals surface area contributed by atoms with Gasteiger partial charge in [-0.1, -0.05) is 48.5 Å². The minimum atomic E-state index is -4.41. The number of aldehydes is 2. The number of hydrogen-bond acceptors (Lipinski definition) is 5. The second kappa shape index (κ2) is 12.6. The molecule has 4 aromatic carbocycles. The molecule has 0 saturated heterocycles. The second-order valence-electron chi connectivity index (χ2n) is 7.90. The lowest BCUT2D eigenvalue weighted by atomic mass is 9.99. The molecule has 0 N–H and O–H groups in total. The molecule has 0 saturated carbocycles. The Balaban J connectivity index is 0.000000212. The third-order valence-corrected chi connectivity index (χ3v) is 5.63. The fourth-order valence-electron chi connectivity index (χ4n) is 3.86. The summed E-state index contributed by atoms with van der Waals surface area (Å²) in [4.78, 5) is 21.9. The van der Waals surface area contributed by atoms with Gasteiger partial charge in [-0.3, -0.25) is 9.59 Å². The van der Waals surface area contributed by atoms with Crippen LogP contribution in [0, 0.1) is 0 Å². The van der Waals surface area contributed by atoms with E-state index >= 15 is 0 Å². The summed E-state index contributed by atoms with van der Waals surface area (Å²) in [6.07, 6.45) is -3.01. The van der Waals surface area contributed by atoms with E-state index in [0.717, 1.165) is 35.3 Å². The van der Waals surface area contributed by atoms with Crippen LogP contribution in [0.3, 0.4) is 0 Å². The molecule has 0 aromatic heterocycles. The zero-order valence-electron chi connectivity index (χ0n) is 20.9. The molecule has 4 aromatic rings. The molecular formula is C30H25F3O5. The minimum Gasteiger partial charge on any atom is -0.497 e. The Hall–Kier alpha value is -4.59. The van der Waals surface area contributed by atoms with Crippen molar-refractivity contribution in [2.75, 3.05) is 21.3 Å².